The number of carbonyl (C=O) groups is 1. The van der Waals surface area contributed by atoms with Gasteiger partial charge in [0.2, 0.25) is 0 Å². The van der Waals surface area contributed by atoms with Gasteiger partial charge < -0.3 is 20.7 Å². The average Bonchev–Trinajstić information content (AvgIpc) is 2.91. The van der Waals surface area contributed by atoms with Crippen LogP contribution in [0.3, 0.4) is 0 Å². The van der Waals surface area contributed by atoms with Crippen LogP contribution in [0.4, 0.5) is 0 Å². The number of hydrogen-bond acceptors (Lipinski definition) is 4. The molecule has 2 aliphatic heterocycles. The van der Waals surface area contributed by atoms with Crippen molar-refractivity contribution in [2.45, 2.75) is 38.3 Å². The van der Waals surface area contributed by atoms with Gasteiger partial charge in [0, 0.05) is 42.2 Å². The molecule has 1 unspecified atom stereocenters. The van der Waals surface area contributed by atoms with E-state index in [9.17, 15) is 4.79 Å². The van der Waals surface area contributed by atoms with E-state index >= 15 is 0 Å². The van der Waals surface area contributed by atoms with E-state index in [1.807, 2.05) is 17.0 Å². The number of nitrogens with one attached hydrogen (secondary N) is 1. The van der Waals surface area contributed by atoms with Gasteiger partial charge >= 0.3 is 0 Å². The molecule has 2 fully saturated rings. The molecule has 1 amide bonds. The molecule has 1 atom stereocenters. The third-order valence-electron chi connectivity index (χ3n) is 6.04. The summed E-state index contributed by atoms with van der Waals surface area (Å²) in [4.78, 5) is 15.1. The van der Waals surface area contributed by atoms with Crippen molar-refractivity contribution in [3.8, 4) is 5.75 Å². The minimum absolute atomic E-state index is 0.135. The quantitative estimate of drug-likeness (QED) is 0.863. The Labute approximate surface area is 137 Å². The zero-order valence-corrected chi connectivity index (χ0v) is 13.7. The van der Waals surface area contributed by atoms with Gasteiger partial charge in [-0.2, -0.15) is 0 Å². The van der Waals surface area contributed by atoms with Crippen molar-refractivity contribution < 1.29 is 9.53 Å². The predicted octanol–water partition coefficient (Wildman–Crippen LogP) is 1.29. The van der Waals surface area contributed by atoms with E-state index in [1.165, 1.54) is 19.3 Å². The zero-order chi connectivity index (χ0) is 16.0. The predicted molar refractivity (Wildman–Crippen MR) is 88.6 cm³/mol. The molecule has 5 nitrogen and oxygen atoms in total. The van der Waals surface area contributed by atoms with Crippen LogP contribution in [-0.2, 0) is 13.0 Å². The highest BCUT2D eigenvalue weighted by molar-refractivity contribution is 5.96. The Morgan fingerprint density at radius 2 is 2.22 bits per heavy atom. The zero-order valence-electron chi connectivity index (χ0n) is 13.7. The number of ether oxygens (including phenoxy) is 1. The highest BCUT2D eigenvalue weighted by atomic mass is 16.5. The first-order valence-corrected chi connectivity index (χ1v) is 8.59. The number of carbonyl (C=O) groups excluding carboxylic acids is 1. The molecule has 1 aliphatic carbocycles. The molecular formula is C18H25N3O2. The van der Waals surface area contributed by atoms with Crippen molar-refractivity contribution in [3.05, 3.63) is 28.8 Å². The summed E-state index contributed by atoms with van der Waals surface area (Å²) in [6, 6.07) is 3.99. The third kappa shape index (κ3) is 2.25. The summed E-state index contributed by atoms with van der Waals surface area (Å²) < 4.78 is 5.46. The third-order valence-corrected chi connectivity index (χ3v) is 6.04. The van der Waals surface area contributed by atoms with Crippen LogP contribution in [-0.4, -0.2) is 43.6 Å². The van der Waals surface area contributed by atoms with Gasteiger partial charge in [-0.05, 0) is 43.5 Å². The molecule has 1 aromatic rings. The fraction of sp³-hybridized carbons (Fsp3) is 0.611. The molecule has 3 aliphatic rings. The van der Waals surface area contributed by atoms with Crippen molar-refractivity contribution >= 4 is 5.91 Å². The molecule has 124 valence electrons. The summed E-state index contributed by atoms with van der Waals surface area (Å²) in [7, 11) is 1.69. The van der Waals surface area contributed by atoms with Gasteiger partial charge in [0.15, 0.2) is 0 Å². The first-order valence-electron chi connectivity index (χ1n) is 8.59. The van der Waals surface area contributed by atoms with Crippen LogP contribution in [0.25, 0.3) is 0 Å². The van der Waals surface area contributed by atoms with Crippen LogP contribution in [0.1, 0.15) is 40.7 Å². The van der Waals surface area contributed by atoms with Crippen LogP contribution in [0.2, 0.25) is 0 Å². The molecule has 1 saturated carbocycles. The largest absolute Gasteiger partial charge is 0.496 e. The van der Waals surface area contributed by atoms with Crippen molar-refractivity contribution in [2.75, 3.05) is 26.7 Å². The van der Waals surface area contributed by atoms with Gasteiger partial charge in [0.25, 0.3) is 5.91 Å². The van der Waals surface area contributed by atoms with Gasteiger partial charge in [0.1, 0.15) is 5.75 Å². The van der Waals surface area contributed by atoms with E-state index < -0.39 is 0 Å². The molecular weight excluding hydrogens is 290 g/mol. The molecule has 23 heavy (non-hydrogen) atoms. The van der Waals surface area contributed by atoms with Crippen LogP contribution in [0, 0.1) is 5.41 Å². The number of hydrogen-bond donors (Lipinski definition) is 2. The molecule has 5 heteroatoms. The lowest BCUT2D eigenvalue weighted by atomic mass is 9.66. The number of rotatable bonds is 2. The highest BCUT2D eigenvalue weighted by Gasteiger charge is 2.50. The Kier molecular flexibility index (Phi) is 3.58. The van der Waals surface area contributed by atoms with Gasteiger partial charge in [-0.25, -0.2) is 0 Å². The van der Waals surface area contributed by atoms with Crippen LogP contribution in [0.15, 0.2) is 12.1 Å². The van der Waals surface area contributed by atoms with E-state index in [2.05, 4.69) is 5.32 Å². The summed E-state index contributed by atoms with van der Waals surface area (Å²) in [5.41, 5.74) is 9.66. The Hall–Kier alpha value is -1.59. The number of methoxy groups -OCH3 is 1. The SMILES string of the molecule is COc1ccc(C(=O)N2CC(N)C3(CCC3)C2)c2c1CNCC2. The van der Waals surface area contributed by atoms with E-state index in [-0.39, 0.29) is 17.4 Å². The number of benzene rings is 1. The van der Waals surface area contributed by atoms with Crippen LogP contribution < -0.4 is 15.8 Å². The molecule has 1 saturated heterocycles. The van der Waals surface area contributed by atoms with Crippen molar-refractivity contribution in [3.63, 3.8) is 0 Å². The van der Waals surface area contributed by atoms with Gasteiger partial charge in [-0.1, -0.05) is 6.42 Å². The summed E-state index contributed by atoms with van der Waals surface area (Å²) in [5.74, 6) is 1.02. The number of fused-ring (bicyclic) bond motifs is 1. The van der Waals surface area contributed by atoms with Crippen molar-refractivity contribution in [1.82, 2.24) is 10.2 Å². The van der Waals surface area contributed by atoms with Crippen molar-refractivity contribution in [1.29, 1.82) is 0 Å². The second kappa shape index (κ2) is 5.49. The fourth-order valence-electron chi connectivity index (χ4n) is 4.45. The summed E-state index contributed by atoms with van der Waals surface area (Å²) in [5, 5.41) is 3.36. The van der Waals surface area contributed by atoms with Gasteiger partial charge in [0.05, 0.1) is 7.11 Å². The minimum Gasteiger partial charge on any atom is -0.496 e. The van der Waals surface area contributed by atoms with Gasteiger partial charge in [-0.15, -0.1) is 0 Å². The molecule has 0 aromatic heterocycles. The normalized spacial score (nSPS) is 25.1. The second-order valence-corrected chi connectivity index (χ2v) is 7.21. The summed E-state index contributed by atoms with van der Waals surface area (Å²) in [6.45, 7) is 3.19. The maximum atomic E-state index is 13.1. The Morgan fingerprint density at radius 1 is 1.39 bits per heavy atom. The number of amides is 1. The molecule has 1 spiro atoms. The molecule has 4 rings (SSSR count). The minimum atomic E-state index is 0.135. The second-order valence-electron chi connectivity index (χ2n) is 7.21. The lowest BCUT2D eigenvalue weighted by molar-refractivity contribution is 0.0725. The average molecular weight is 315 g/mol. The molecule has 0 bridgehead atoms. The number of likely N-dealkylation sites (tertiary alicyclic amines) is 1. The van der Waals surface area contributed by atoms with E-state index in [1.54, 1.807) is 7.11 Å². The summed E-state index contributed by atoms with van der Waals surface area (Å²) in [6.07, 6.45) is 4.46. The number of nitrogens with two attached hydrogens (primary N) is 1. The first kappa shape index (κ1) is 15.0. The Balaban J connectivity index is 1.64. The van der Waals surface area contributed by atoms with E-state index in [4.69, 9.17) is 10.5 Å². The molecule has 2 heterocycles. The van der Waals surface area contributed by atoms with E-state index in [0.717, 1.165) is 48.5 Å². The topological polar surface area (TPSA) is 67.6 Å². The highest BCUT2D eigenvalue weighted by Crippen LogP contribution is 2.47. The van der Waals surface area contributed by atoms with E-state index in [0.29, 0.717) is 6.54 Å². The standard InChI is InChI=1S/C18H25N3O2/c1-23-15-4-3-13(12-5-8-20-9-14(12)15)17(22)21-10-16(19)18(11-21)6-2-7-18/h3-4,16,20H,2,5-11,19H2,1H3. The number of nitrogens with zero attached hydrogens (tertiary/aromatic N) is 1. The maximum Gasteiger partial charge on any atom is 0.254 e. The smallest absolute Gasteiger partial charge is 0.254 e. The maximum absolute atomic E-state index is 13.1. The van der Waals surface area contributed by atoms with Gasteiger partial charge in [-0.3, -0.25) is 4.79 Å². The van der Waals surface area contributed by atoms with Crippen molar-refractivity contribution in [2.24, 2.45) is 11.1 Å². The van der Waals surface area contributed by atoms with Crippen LogP contribution in [0.5, 0.6) is 5.75 Å². The Bertz CT molecular complexity index is 639. The first-order chi connectivity index (χ1) is 11.1. The lowest BCUT2D eigenvalue weighted by Gasteiger charge is -2.41. The molecule has 3 N–H and O–H groups in total. The monoisotopic (exact) mass is 315 g/mol. The molecule has 0 radical (unpaired) electrons. The summed E-state index contributed by atoms with van der Waals surface area (Å²) >= 11 is 0. The fourth-order valence-corrected chi connectivity index (χ4v) is 4.45. The molecule has 1 aromatic carbocycles. The van der Waals surface area contributed by atoms with Crippen LogP contribution >= 0.6 is 0 Å². The lowest BCUT2D eigenvalue weighted by Crippen LogP contribution is -2.45. The Morgan fingerprint density at radius 3 is 2.87 bits per heavy atom.